The summed E-state index contributed by atoms with van der Waals surface area (Å²) in [6.07, 6.45) is 1.70. The predicted octanol–water partition coefficient (Wildman–Crippen LogP) is 3.73. The average Bonchev–Trinajstić information content (AvgIpc) is 2.94. The van der Waals surface area contributed by atoms with Crippen LogP contribution in [0, 0.1) is 0 Å². The largest absolute Gasteiger partial charge is 0.493 e. The van der Waals surface area contributed by atoms with E-state index in [1.165, 1.54) is 13.2 Å². The summed E-state index contributed by atoms with van der Waals surface area (Å²) >= 11 is 0. The molecule has 0 aromatic heterocycles. The first-order valence-corrected chi connectivity index (χ1v) is 11.0. The lowest BCUT2D eigenvalue weighted by molar-refractivity contribution is 0.0233. The molecule has 0 saturated carbocycles. The van der Waals surface area contributed by atoms with E-state index in [-0.39, 0.29) is 30.4 Å². The maximum atomic E-state index is 13.5. The molecule has 2 heterocycles. The van der Waals surface area contributed by atoms with Crippen molar-refractivity contribution < 1.29 is 28.9 Å². The first-order valence-electron chi connectivity index (χ1n) is 11.0. The minimum atomic E-state index is -1.26. The molecule has 1 saturated heterocycles. The number of fused-ring (bicyclic) bond motifs is 2. The van der Waals surface area contributed by atoms with Gasteiger partial charge in [-0.1, -0.05) is 43.0 Å². The standard InChI is InChI=1S/C25H28N2O6/c1-3-13-32-25(30)27-20-15-22(33-16-17-9-5-4-6-10-17)21(31-2)14-18(20)23(28)26-12-8-7-11-19(26)24(27)29/h3-6,9-10,14-15,19,24,29H,1,7-8,11-13,16H2,2H3. The number of aliphatic hydroxyl groups is 1. The quantitative estimate of drug-likeness (QED) is 0.672. The van der Waals surface area contributed by atoms with Gasteiger partial charge in [0.05, 0.1) is 24.4 Å². The summed E-state index contributed by atoms with van der Waals surface area (Å²) in [6, 6.07) is 12.2. The number of nitrogens with zero attached hydrogens (tertiary/aromatic N) is 2. The van der Waals surface area contributed by atoms with E-state index >= 15 is 0 Å². The van der Waals surface area contributed by atoms with Crippen molar-refractivity contribution in [3.8, 4) is 11.5 Å². The highest BCUT2D eigenvalue weighted by atomic mass is 16.6. The van der Waals surface area contributed by atoms with Crippen LogP contribution in [-0.4, -0.2) is 54.5 Å². The molecular weight excluding hydrogens is 424 g/mol. The molecule has 0 aliphatic carbocycles. The Bertz CT molecular complexity index is 1030. The highest BCUT2D eigenvalue weighted by molar-refractivity contribution is 6.05. The number of carbonyl (C=O) groups is 2. The summed E-state index contributed by atoms with van der Waals surface area (Å²) in [7, 11) is 1.49. The van der Waals surface area contributed by atoms with Crippen LogP contribution in [0.15, 0.2) is 55.1 Å². The minimum Gasteiger partial charge on any atom is -0.493 e. The van der Waals surface area contributed by atoms with Crippen molar-refractivity contribution in [2.24, 2.45) is 0 Å². The van der Waals surface area contributed by atoms with Crippen LogP contribution < -0.4 is 14.4 Å². The summed E-state index contributed by atoms with van der Waals surface area (Å²) in [6.45, 7) is 4.32. The highest BCUT2D eigenvalue weighted by Crippen LogP contribution is 2.41. The number of benzene rings is 2. The Hall–Kier alpha value is -3.52. The van der Waals surface area contributed by atoms with Gasteiger partial charge in [-0.2, -0.15) is 0 Å². The molecule has 174 valence electrons. The number of carbonyl (C=O) groups excluding carboxylic acids is 2. The molecule has 8 heteroatoms. The van der Waals surface area contributed by atoms with Gasteiger partial charge in [-0.15, -0.1) is 0 Å². The number of aliphatic hydroxyl groups excluding tert-OH is 1. The third-order valence-corrected chi connectivity index (χ3v) is 5.95. The monoisotopic (exact) mass is 452 g/mol. The van der Waals surface area contributed by atoms with E-state index in [1.807, 2.05) is 30.3 Å². The molecule has 4 rings (SSSR count). The second-order valence-electron chi connectivity index (χ2n) is 8.01. The van der Waals surface area contributed by atoms with Crippen LogP contribution in [0.2, 0.25) is 0 Å². The van der Waals surface area contributed by atoms with Gasteiger partial charge in [-0.25, -0.2) is 9.69 Å². The van der Waals surface area contributed by atoms with Crippen LogP contribution in [0.25, 0.3) is 0 Å². The molecule has 33 heavy (non-hydrogen) atoms. The summed E-state index contributed by atoms with van der Waals surface area (Å²) in [4.78, 5) is 29.3. The number of hydrogen-bond acceptors (Lipinski definition) is 6. The van der Waals surface area contributed by atoms with Gasteiger partial charge in [-0.3, -0.25) is 4.79 Å². The Morgan fingerprint density at radius 2 is 2.00 bits per heavy atom. The zero-order valence-electron chi connectivity index (χ0n) is 18.6. The molecular formula is C25H28N2O6. The fourth-order valence-electron chi connectivity index (χ4n) is 4.32. The number of amides is 2. The van der Waals surface area contributed by atoms with Crippen LogP contribution in [0.3, 0.4) is 0 Å². The Kier molecular flexibility index (Phi) is 6.84. The maximum Gasteiger partial charge on any atom is 0.416 e. The van der Waals surface area contributed by atoms with Crippen molar-refractivity contribution in [2.45, 2.75) is 38.1 Å². The summed E-state index contributed by atoms with van der Waals surface area (Å²) < 4.78 is 16.8. The topological polar surface area (TPSA) is 88.5 Å². The predicted molar refractivity (Wildman–Crippen MR) is 122 cm³/mol. The van der Waals surface area contributed by atoms with Gasteiger partial charge in [0.25, 0.3) is 5.91 Å². The van der Waals surface area contributed by atoms with Crippen molar-refractivity contribution >= 4 is 17.7 Å². The molecule has 0 bridgehead atoms. The average molecular weight is 453 g/mol. The number of methoxy groups -OCH3 is 1. The summed E-state index contributed by atoms with van der Waals surface area (Å²) in [5.74, 6) is 0.449. The van der Waals surface area contributed by atoms with Crippen LogP contribution in [0.5, 0.6) is 11.5 Å². The van der Waals surface area contributed by atoms with Gasteiger partial charge in [0, 0.05) is 12.6 Å². The molecule has 0 spiro atoms. The van der Waals surface area contributed by atoms with Gasteiger partial charge in [0.2, 0.25) is 0 Å². The second kappa shape index (κ2) is 9.95. The minimum absolute atomic E-state index is 0.0206. The van der Waals surface area contributed by atoms with Crippen molar-refractivity contribution in [2.75, 3.05) is 25.2 Å². The van der Waals surface area contributed by atoms with Gasteiger partial charge in [-0.05, 0) is 30.9 Å². The Balaban J connectivity index is 1.78. The smallest absolute Gasteiger partial charge is 0.416 e. The highest BCUT2D eigenvalue weighted by Gasteiger charge is 2.44. The van der Waals surface area contributed by atoms with Crippen LogP contribution in [0.1, 0.15) is 35.2 Å². The second-order valence-corrected chi connectivity index (χ2v) is 8.01. The fourth-order valence-corrected chi connectivity index (χ4v) is 4.32. The molecule has 2 unspecified atom stereocenters. The molecule has 2 aromatic carbocycles. The van der Waals surface area contributed by atoms with Crippen molar-refractivity contribution in [3.05, 3.63) is 66.2 Å². The van der Waals surface area contributed by atoms with Gasteiger partial charge in [0.1, 0.15) is 13.2 Å². The lowest BCUT2D eigenvalue weighted by Gasteiger charge is -2.38. The zero-order valence-corrected chi connectivity index (χ0v) is 18.6. The molecule has 2 aromatic rings. The molecule has 2 aliphatic rings. The number of ether oxygens (including phenoxy) is 3. The van der Waals surface area contributed by atoms with Crippen molar-refractivity contribution in [1.29, 1.82) is 0 Å². The normalized spacial score (nSPS) is 19.8. The molecule has 2 atom stereocenters. The molecule has 1 fully saturated rings. The van der Waals surface area contributed by atoms with Gasteiger partial charge >= 0.3 is 6.09 Å². The molecule has 8 nitrogen and oxygen atoms in total. The lowest BCUT2D eigenvalue weighted by Crippen LogP contribution is -2.55. The maximum absolute atomic E-state index is 13.5. The first kappa shape index (κ1) is 22.7. The van der Waals surface area contributed by atoms with Crippen LogP contribution in [-0.2, 0) is 11.3 Å². The summed E-state index contributed by atoms with van der Waals surface area (Å²) in [5, 5.41) is 11.2. The number of anilines is 1. The van der Waals surface area contributed by atoms with E-state index in [9.17, 15) is 14.7 Å². The molecule has 1 N–H and O–H groups in total. The van der Waals surface area contributed by atoms with E-state index in [4.69, 9.17) is 14.2 Å². The van der Waals surface area contributed by atoms with Crippen molar-refractivity contribution in [1.82, 2.24) is 4.90 Å². The Labute approximate surface area is 193 Å². The zero-order chi connectivity index (χ0) is 23.4. The molecule has 2 amide bonds. The third kappa shape index (κ3) is 4.52. The number of piperidine rings is 1. The van der Waals surface area contributed by atoms with Crippen LogP contribution >= 0.6 is 0 Å². The fraction of sp³-hybridized carbons (Fsp3) is 0.360. The van der Waals surface area contributed by atoms with Gasteiger partial charge < -0.3 is 24.2 Å². The van der Waals surface area contributed by atoms with E-state index in [2.05, 4.69) is 6.58 Å². The van der Waals surface area contributed by atoms with E-state index in [0.29, 0.717) is 24.5 Å². The number of hydrogen-bond donors (Lipinski definition) is 1. The molecule has 0 radical (unpaired) electrons. The van der Waals surface area contributed by atoms with E-state index < -0.39 is 18.4 Å². The SMILES string of the molecule is C=CCOC(=O)N1c2cc(OCc3ccccc3)c(OC)cc2C(=O)N2CCCCC2C1O. The lowest BCUT2D eigenvalue weighted by atomic mass is 10.0. The summed E-state index contributed by atoms with van der Waals surface area (Å²) in [5.41, 5.74) is 1.42. The van der Waals surface area contributed by atoms with E-state index in [1.54, 1.807) is 17.0 Å². The van der Waals surface area contributed by atoms with Crippen LogP contribution in [0.4, 0.5) is 10.5 Å². The molecule has 2 aliphatic heterocycles. The number of rotatable bonds is 6. The third-order valence-electron chi connectivity index (χ3n) is 5.95. The Morgan fingerprint density at radius 3 is 2.73 bits per heavy atom. The van der Waals surface area contributed by atoms with Gasteiger partial charge in [0.15, 0.2) is 17.7 Å². The first-order chi connectivity index (χ1) is 16.0. The van der Waals surface area contributed by atoms with E-state index in [0.717, 1.165) is 23.3 Å². The van der Waals surface area contributed by atoms with Crippen molar-refractivity contribution in [3.63, 3.8) is 0 Å². The Morgan fingerprint density at radius 1 is 1.21 bits per heavy atom.